The van der Waals surface area contributed by atoms with E-state index < -0.39 is 28.2 Å². The van der Waals surface area contributed by atoms with E-state index in [-0.39, 0.29) is 43.5 Å². The van der Waals surface area contributed by atoms with E-state index >= 15 is 0 Å². The molecule has 0 bridgehead atoms. The standard InChI is InChI=1S/C19H17F4N3O3S/c20-14-3-1-2-4-17(14)30-12-18(27)25-9-7-24(8-10-25)15-6-5-13(19(21,22)23)11-16(15)26(28)29/h1-6,11H,7-10,12H2. The van der Waals surface area contributed by atoms with E-state index in [1.54, 1.807) is 28.0 Å². The Bertz CT molecular complexity index is 947. The number of piperazine rings is 1. The SMILES string of the molecule is O=C(CSc1ccccc1F)N1CCN(c2ccc(C(F)(F)F)cc2[N+](=O)[O-])CC1. The predicted molar refractivity (Wildman–Crippen MR) is 104 cm³/mol. The van der Waals surface area contributed by atoms with Crippen LogP contribution in [0.4, 0.5) is 28.9 Å². The van der Waals surface area contributed by atoms with E-state index in [9.17, 15) is 32.5 Å². The molecule has 2 aromatic carbocycles. The zero-order valence-corrected chi connectivity index (χ0v) is 16.4. The molecule has 1 aliphatic rings. The lowest BCUT2D eigenvalue weighted by Crippen LogP contribution is -2.49. The molecule has 0 spiro atoms. The third-order valence-corrected chi connectivity index (χ3v) is 5.69. The van der Waals surface area contributed by atoms with Gasteiger partial charge in [0.25, 0.3) is 5.69 Å². The average Bonchev–Trinajstić information content (AvgIpc) is 2.72. The molecule has 0 aromatic heterocycles. The molecule has 0 N–H and O–H groups in total. The second-order valence-electron chi connectivity index (χ2n) is 6.55. The van der Waals surface area contributed by atoms with E-state index in [2.05, 4.69) is 0 Å². The van der Waals surface area contributed by atoms with Gasteiger partial charge >= 0.3 is 6.18 Å². The first-order chi connectivity index (χ1) is 14.2. The molecule has 2 aromatic rings. The Balaban J connectivity index is 1.63. The maximum absolute atomic E-state index is 13.6. The molecule has 1 amide bonds. The first-order valence-electron chi connectivity index (χ1n) is 8.92. The highest BCUT2D eigenvalue weighted by Gasteiger charge is 2.34. The number of halogens is 4. The molecule has 160 valence electrons. The molecule has 1 heterocycles. The van der Waals surface area contributed by atoms with Crippen LogP contribution >= 0.6 is 11.8 Å². The van der Waals surface area contributed by atoms with Gasteiger partial charge in [-0.25, -0.2) is 4.39 Å². The van der Waals surface area contributed by atoms with Gasteiger partial charge in [0.05, 0.1) is 16.2 Å². The van der Waals surface area contributed by atoms with E-state index in [1.807, 2.05) is 0 Å². The lowest BCUT2D eigenvalue weighted by Gasteiger charge is -2.35. The van der Waals surface area contributed by atoms with Crippen molar-refractivity contribution in [2.24, 2.45) is 0 Å². The van der Waals surface area contributed by atoms with Crippen LogP contribution in [0.1, 0.15) is 5.56 Å². The average molecular weight is 443 g/mol. The molecule has 0 unspecified atom stereocenters. The fourth-order valence-corrected chi connectivity index (χ4v) is 3.94. The maximum atomic E-state index is 13.6. The summed E-state index contributed by atoms with van der Waals surface area (Å²) in [6.45, 7) is 0.994. The minimum Gasteiger partial charge on any atom is -0.362 e. The Labute approximate surface area is 173 Å². The highest BCUT2D eigenvalue weighted by Crippen LogP contribution is 2.36. The maximum Gasteiger partial charge on any atom is 0.416 e. The van der Waals surface area contributed by atoms with Crippen LogP contribution in [0.25, 0.3) is 0 Å². The number of rotatable bonds is 5. The molecule has 3 rings (SSSR count). The van der Waals surface area contributed by atoms with Crippen molar-refractivity contribution in [2.45, 2.75) is 11.1 Å². The first-order valence-corrected chi connectivity index (χ1v) is 9.91. The number of carbonyl (C=O) groups excluding carboxylic acids is 1. The van der Waals surface area contributed by atoms with Gasteiger partial charge in [-0.1, -0.05) is 12.1 Å². The van der Waals surface area contributed by atoms with Gasteiger partial charge in [0.1, 0.15) is 11.5 Å². The summed E-state index contributed by atoms with van der Waals surface area (Å²) in [5, 5.41) is 11.3. The summed E-state index contributed by atoms with van der Waals surface area (Å²) in [7, 11) is 0. The number of nitro benzene ring substituents is 1. The van der Waals surface area contributed by atoms with Crippen LogP contribution in [-0.4, -0.2) is 47.7 Å². The Morgan fingerprint density at radius 3 is 2.37 bits per heavy atom. The molecule has 1 aliphatic heterocycles. The van der Waals surface area contributed by atoms with Gasteiger partial charge < -0.3 is 9.80 Å². The number of alkyl halides is 3. The molecule has 1 saturated heterocycles. The minimum atomic E-state index is -4.68. The van der Waals surface area contributed by atoms with Gasteiger partial charge in [-0.15, -0.1) is 11.8 Å². The molecule has 0 radical (unpaired) electrons. The lowest BCUT2D eigenvalue weighted by molar-refractivity contribution is -0.384. The summed E-state index contributed by atoms with van der Waals surface area (Å²) in [6, 6.07) is 8.54. The highest BCUT2D eigenvalue weighted by atomic mass is 32.2. The van der Waals surface area contributed by atoms with Crippen LogP contribution in [0.3, 0.4) is 0 Å². The van der Waals surface area contributed by atoms with Gasteiger partial charge in [0.2, 0.25) is 5.91 Å². The smallest absolute Gasteiger partial charge is 0.362 e. The van der Waals surface area contributed by atoms with Crippen molar-refractivity contribution in [3.63, 3.8) is 0 Å². The molecule has 11 heteroatoms. The molecule has 30 heavy (non-hydrogen) atoms. The molecular weight excluding hydrogens is 426 g/mol. The molecule has 6 nitrogen and oxygen atoms in total. The van der Waals surface area contributed by atoms with Gasteiger partial charge in [0, 0.05) is 37.1 Å². The summed E-state index contributed by atoms with van der Waals surface area (Å²) in [4.78, 5) is 26.3. The van der Waals surface area contributed by atoms with Crippen LogP contribution in [0.2, 0.25) is 0 Å². The molecule has 0 aliphatic carbocycles. The summed E-state index contributed by atoms with van der Waals surface area (Å²) < 4.78 is 52.2. The summed E-state index contributed by atoms with van der Waals surface area (Å²) in [6.07, 6.45) is -4.68. The van der Waals surface area contributed by atoms with Crippen molar-refractivity contribution in [2.75, 3.05) is 36.8 Å². The summed E-state index contributed by atoms with van der Waals surface area (Å²) in [5.41, 5.74) is -1.63. The molecule has 1 fully saturated rings. The van der Waals surface area contributed by atoms with Crippen LogP contribution < -0.4 is 4.90 Å². The monoisotopic (exact) mass is 443 g/mol. The van der Waals surface area contributed by atoms with Crippen LogP contribution in [0, 0.1) is 15.9 Å². The molecule has 0 saturated carbocycles. The molecular formula is C19H17F4N3O3S. The zero-order chi connectivity index (χ0) is 21.9. The van der Waals surface area contributed by atoms with E-state index in [0.717, 1.165) is 23.9 Å². The summed E-state index contributed by atoms with van der Waals surface area (Å²) in [5.74, 6) is -0.569. The number of nitro groups is 1. The number of anilines is 1. The van der Waals surface area contributed by atoms with Gasteiger partial charge in [-0.3, -0.25) is 14.9 Å². The number of hydrogen-bond donors (Lipinski definition) is 0. The number of amides is 1. The van der Waals surface area contributed by atoms with Crippen molar-refractivity contribution < 1.29 is 27.3 Å². The molecule has 0 atom stereocenters. The van der Waals surface area contributed by atoms with E-state index in [4.69, 9.17) is 0 Å². The van der Waals surface area contributed by atoms with Crippen molar-refractivity contribution >= 4 is 29.0 Å². The predicted octanol–water partition coefficient (Wildman–Crippen LogP) is 4.19. The van der Waals surface area contributed by atoms with Crippen molar-refractivity contribution in [1.82, 2.24) is 4.90 Å². The van der Waals surface area contributed by atoms with E-state index in [0.29, 0.717) is 11.0 Å². The number of thioether (sulfide) groups is 1. The number of nitrogens with zero attached hydrogens (tertiary/aromatic N) is 3. The second-order valence-corrected chi connectivity index (χ2v) is 7.56. The van der Waals surface area contributed by atoms with Crippen molar-refractivity contribution in [3.8, 4) is 0 Å². The third-order valence-electron chi connectivity index (χ3n) is 4.66. The lowest BCUT2D eigenvalue weighted by atomic mass is 10.1. The number of benzene rings is 2. The Kier molecular flexibility index (Phi) is 6.49. The van der Waals surface area contributed by atoms with Crippen molar-refractivity contribution in [1.29, 1.82) is 0 Å². The van der Waals surface area contributed by atoms with Gasteiger partial charge in [-0.05, 0) is 24.3 Å². The normalized spacial score (nSPS) is 14.7. The zero-order valence-electron chi connectivity index (χ0n) is 15.6. The largest absolute Gasteiger partial charge is 0.416 e. The van der Waals surface area contributed by atoms with Crippen molar-refractivity contribution in [3.05, 3.63) is 64.0 Å². The Morgan fingerprint density at radius 2 is 1.77 bits per heavy atom. The number of hydrogen-bond acceptors (Lipinski definition) is 5. The second kappa shape index (κ2) is 8.90. The summed E-state index contributed by atoms with van der Waals surface area (Å²) >= 11 is 1.08. The topological polar surface area (TPSA) is 66.7 Å². The Morgan fingerprint density at radius 1 is 1.10 bits per heavy atom. The van der Waals surface area contributed by atoms with Gasteiger partial charge in [0.15, 0.2) is 0 Å². The first kappa shape index (κ1) is 21.9. The minimum absolute atomic E-state index is 0.0430. The van der Waals surface area contributed by atoms with Crippen LogP contribution in [0.5, 0.6) is 0 Å². The van der Waals surface area contributed by atoms with E-state index in [1.165, 1.54) is 6.07 Å². The quantitative estimate of drug-likeness (QED) is 0.300. The van der Waals surface area contributed by atoms with Crippen LogP contribution in [-0.2, 0) is 11.0 Å². The van der Waals surface area contributed by atoms with Crippen LogP contribution in [0.15, 0.2) is 47.4 Å². The highest BCUT2D eigenvalue weighted by molar-refractivity contribution is 8.00. The number of carbonyl (C=O) groups is 1. The Hall–Kier alpha value is -2.82. The van der Waals surface area contributed by atoms with Gasteiger partial charge in [-0.2, -0.15) is 13.2 Å². The fourth-order valence-electron chi connectivity index (χ4n) is 3.10. The fraction of sp³-hybridized carbons (Fsp3) is 0.316. The third kappa shape index (κ3) is 5.02.